The highest BCUT2D eigenvalue weighted by Gasteiger charge is 2.31. The number of hydrazine groups is 1. The molecule has 1 saturated carbocycles. The minimum atomic E-state index is -0.0410. The van der Waals surface area contributed by atoms with Gasteiger partial charge in [-0.3, -0.25) is 20.0 Å². The summed E-state index contributed by atoms with van der Waals surface area (Å²) < 4.78 is 0. The SMILES string of the molecule is CCCC(C(=O)NN)N1CCN(C2CCCC2)CC1. The number of amides is 1. The summed E-state index contributed by atoms with van der Waals surface area (Å²) in [5.74, 6) is 5.27. The van der Waals surface area contributed by atoms with E-state index in [1.165, 1.54) is 25.7 Å². The van der Waals surface area contributed by atoms with Crippen LogP contribution in [-0.2, 0) is 4.79 Å². The van der Waals surface area contributed by atoms with E-state index in [-0.39, 0.29) is 11.9 Å². The summed E-state index contributed by atoms with van der Waals surface area (Å²) in [6.45, 7) is 6.31. The predicted octanol–water partition coefficient (Wildman–Crippen LogP) is 0.705. The number of hydrogen-bond donors (Lipinski definition) is 2. The van der Waals surface area contributed by atoms with Crippen molar-refractivity contribution in [3.63, 3.8) is 0 Å². The van der Waals surface area contributed by atoms with Crippen molar-refractivity contribution in [1.29, 1.82) is 0 Å². The molecule has 0 spiro atoms. The van der Waals surface area contributed by atoms with Crippen molar-refractivity contribution < 1.29 is 4.79 Å². The molecule has 0 bridgehead atoms. The summed E-state index contributed by atoms with van der Waals surface area (Å²) in [7, 11) is 0. The van der Waals surface area contributed by atoms with E-state index in [0.29, 0.717) is 0 Å². The Morgan fingerprint density at radius 2 is 1.89 bits per heavy atom. The summed E-state index contributed by atoms with van der Waals surface area (Å²) in [6, 6.07) is 0.760. The first-order chi connectivity index (χ1) is 9.26. The van der Waals surface area contributed by atoms with E-state index in [1.54, 1.807) is 0 Å². The van der Waals surface area contributed by atoms with Gasteiger partial charge in [0.2, 0.25) is 0 Å². The van der Waals surface area contributed by atoms with E-state index in [1.807, 2.05) is 0 Å². The number of piperazine rings is 1. The molecule has 5 heteroatoms. The van der Waals surface area contributed by atoms with Crippen molar-refractivity contribution >= 4 is 5.91 Å². The molecule has 0 radical (unpaired) electrons. The number of nitrogens with one attached hydrogen (secondary N) is 1. The first kappa shape index (κ1) is 14.8. The Labute approximate surface area is 116 Å². The lowest BCUT2D eigenvalue weighted by Crippen LogP contribution is -2.57. The fraction of sp³-hybridized carbons (Fsp3) is 0.929. The third-order valence-corrected chi connectivity index (χ3v) is 4.64. The number of nitrogens with two attached hydrogens (primary N) is 1. The lowest BCUT2D eigenvalue weighted by atomic mass is 10.1. The van der Waals surface area contributed by atoms with Gasteiger partial charge in [0, 0.05) is 32.2 Å². The van der Waals surface area contributed by atoms with Crippen molar-refractivity contribution in [3.05, 3.63) is 0 Å². The quantitative estimate of drug-likeness (QED) is 0.438. The molecule has 110 valence electrons. The second kappa shape index (κ2) is 7.22. The molecular formula is C14H28N4O. The van der Waals surface area contributed by atoms with Crippen molar-refractivity contribution in [2.75, 3.05) is 26.2 Å². The normalized spacial score (nSPS) is 24.5. The minimum Gasteiger partial charge on any atom is -0.298 e. The van der Waals surface area contributed by atoms with Crippen LogP contribution in [0.5, 0.6) is 0 Å². The van der Waals surface area contributed by atoms with Gasteiger partial charge < -0.3 is 0 Å². The zero-order valence-electron chi connectivity index (χ0n) is 12.1. The van der Waals surface area contributed by atoms with E-state index in [9.17, 15) is 4.79 Å². The zero-order valence-corrected chi connectivity index (χ0v) is 12.1. The van der Waals surface area contributed by atoms with Gasteiger partial charge in [0.1, 0.15) is 0 Å². The van der Waals surface area contributed by atoms with Gasteiger partial charge in [0.25, 0.3) is 5.91 Å². The highest BCUT2D eigenvalue weighted by molar-refractivity contribution is 5.81. The standard InChI is InChI=1S/C14H28N4O/c1-2-5-13(14(19)16-15)18-10-8-17(9-11-18)12-6-3-4-7-12/h12-13H,2-11,15H2,1H3,(H,16,19). The van der Waals surface area contributed by atoms with Crippen LogP contribution < -0.4 is 11.3 Å². The molecule has 0 aromatic heterocycles. The Balaban J connectivity index is 1.84. The Hall–Kier alpha value is -0.650. The van der Waals surface area contributed by atoms with Crippen LogP contribution in [-0.4, -0.2) is 54.0 Å². The molecule has 19 heavy (non-hydrogen) atoms. The maximum absolute atomic E-state index is 11.8. The average molecular weight is 268 g/mol. The van der Waals surface area contributed by atoms with E-state index in [4.69, 9.17) is 5.84 Å². The highest BCUT2D eigenvalue weighted by Crippen LogP contribution is 2.24. The number of rotatable bonds is 5. The third kappa shape index (κ3) is 3.68. The molecule has 1 unspecified atom stereocenters. The molecule has 1 aliphatic heterocycles. The first-order valence-corrected chi connectivity index (χ1v) is 7.74. The van der Waals surface area contributed by atoms with Gasteiger partial charge in [-0.25, -0.2) is 5.84 Å². The van der Waals surface area contributed by atoms with Gasteiger partial charge in [-0.1, -0.05) is 26.2 Å². The molecule has 3 N–H and O–H groups in total. The molecule has 0 aromatic carbocycles. The fourth-order valence-corrected chi connectivity index (χ4v) is 3.53. The van der Waals surface area contributed by atoms with Crippen LogP contribution in [0.2, 0.25) is 0 Å². The van der Waals surface area contributed by atoms with Crippen LogP contribution in [0.1, 0.15) is 45.4 Å². The molecule has 1 amide bonds. The maximum Gasteiger partial charge on any atom is 0.251 e. The lowest BCUT2D eigenvalue weighted by molar-refractivity contribution is -0.127. The van der Waals surface area contributed by atoms with Crippen molar-refractivity contribution in [3.8, 4) is 0 Å². The van der Waals surface area contributed by atoms with Crippen LogP contribution in [0.3, 0.4) is 0 Å². The minimum absolute atomic E-state index is 0.0313. The average Bonchev–Trinajstić information content (AvgIpc) is 2.98. The van der Waals surface area contributed by atoms with Crippen LogP contribution in [0.15, 0.2) is 0 Å². The molecule has 1 heterocycles. The summed E-state index contributed by atoms with van der Waals surface area (Å²) in [5, 5.41) is 0. The molecular weight excluding hydrogens is 240 g/mol. The van der Waals surface area contributed by atoms with Gasteiger partial charge in [-0.05, 0) is 19.3 Å². The van der Waals surface area contributed by atoms with Gasteiger partial charge >= 0.3 is 0 Å². The molecule has 2 aliphatic rings. The fourth-order valence-electron chi connectivity index (χ4n) is 3.53. The molecule has 5 nitrogen and oxygen atoms in total. The van der Waals surface area contributed by atoms with Crippen LogP contribution >= 0.6 is 0 Å². The Bertz CT molecular complexity index is 283. The van der Waals surface area contributed by atoms with Gasteiger partial charge in [0.15, 0.2) is 0 Å². The number of hydrogen-bond acceptors (Lipinski definition) is 4. The van der Waals surface area contributed by atoms with Crippen molar-refractivity contribution in [2.24, 2.45) is 5.84 Å². The molecule has 0 aromatic rings. The van der Waals surface area contributed by atoms with Crippen LogP contribution in [0, 0.1) is 0 Å². The van der Waals surface area contributed by atoms with Crippen molar-refractivity contribution in [1.82, 2.24) is 15.2 Å². The maximum atomic E-state index is 11.8. The molecule has 2 fully saturated rings. The smallest absolute Gasteiger partial charge is 0.251 e. The zero-order chi connectivity index (χ0) is 13.7. The van der Waals surface area contributed by atoms with Gasteiger partial charge in [0.05, 0.1) is 6.04 Å². The van der Waals surface area contributed by atoms with E-state index in [0.717, 1.165) is 45.1 Å². The summed E-state index contributed by atoms with van der Waals surface area (Å²) in [4.78, 5) is 16.8. The number of nitrogens with zero attached hydrogens (tertiary/aromatic N) is 2. The second-order valence-electron chi connectivity index (χ2n) is 5.82. The van der Waals surface area contributed by atoms with Gasteiger partial charge in [-0.2, -0.15) is 0 Å². The van der Waals surface area contributed by atoms with Crippen LogP contribution in [0.4, 0.5) is 0 Å². The van der Waals surface area contributed by atoms with E-state index in [2.05, 4.69) is 22.1 Å². The third-order valence-electron chi connectivity index (χ3n) is 4.64. The molecule has 1 atom stereocenters. The second-order valence-corrected chi connectivity index (χ2v) is 5.82. The van der Waals surface area contributed by atoms with E-state index >= 15 is 0 Å². The number of carbonyl (C=O) groups excluding carboxylic acids is 1. The monoisotopic (exact) mass is 268 g/mol. The van der Waals surface area contributed by atoms with Crippen molar-refractivity contribution in [2.45, 2.75) is 57.5 Å². The Kier molecular flexibility index (Phi) is 5.60. The highest BCUT2D eigenvalue weighted by atomic mass is 16.2. The Morgan fingerprint density at radius 1 is 1.26 bits per heavy atom. The number of carbonyl (C=O) groups is 1. The summed E-state index contributed by atoms with van der Waals surface area (Å²) >= 11 is 0. The predicted molar refractivity (Wildman–Crippen MR) is 76.4 cm³/mol. The molecule has 2 rings (SSSR count). The summed E-state index contributed by atoms with van der Waals surface area (Å²) in [5.41, 5.74) is 2.32. The lowest BCUT2D eigenvalue weighted by Gasteiger charge is -2.40. The topological polar surface area (TPSA) is 61.6 Å². The molecule has 1 aliphatic carbocycles. The van der Waals surface area contributed by atoms with Gasteiger partial charge in [-0.15, -0.1) is 0 Å². The van der Waals surface area contributed by atoms with E-state index < -0.39 is 0 Å². The Morgan fingerprint density at radius 3 is 2.42 bits per heavy atom. The summed E-state index contributed by atoms with van der Waals surface area (Å²) in [6.07, 6.45) is 7.41. The first-order valence-electron chi connectivity index (χ1n) is 7.74. The largest absolute Gasteiger partial charge is 0.298 e. The molecule has 1 saturated heterocycles. The van der Waals surface area contributed by atoms with Crippen LogP contribution in [0.25, 0.3) is 0 Å².